The minimum atomic E-state index is -0.762. The molecule has 0 aliphatic carbocycles. The van der Waals surface area contributed by atoms with Gasteiger partial charge in [-0.1, -0.05) is 317 Å². The van der Waals surface area contributed by atoms with Gasteiger partial charge in [0.05, 0.1) is 0 Å². The zero-order valence-electron chi connectivity index (χ0n) is 46.6. The summed E-state index contributed by atoms with van der Waals surface area (Å²) in [6.07, 6.45) is 62.4. The fourth-order valence-corrected chi connectivity index (χ4v) is 9.63. The molecule has 0 spiro atoms. The lowest BCUT2D eigenvalue weighted by Crippen LogP contribution is -2.30. The lowest BCUT2D eigenvalue weighted by Gasteiger charge is -2.18. The molecule has 0 saturated carbocycles. The van der Waals surface area contributed by atoms with Gasteiger partial charge in [0.15, 0.2) is 6.10 Å². The fraction of sp³-hybridized carbons (Fsp3) is 0.952. The summed E-state index contributed by atoms with van der Waals surface area (Å²) in [5.41, 5.74) is 0. The molecule has 0 aliphatic rings. The van der Waals surface area contributed by atoms with Gasteiger partial charge in [-0.05, 0) is 25.2 Å². The van der Waals surface area contributed by atoms with Crippen molar-refractivity contribution in [1.82, 2.24) is 0 Å². The Bertz CT molecular complexity index is 1030. The first kappa shape index (κ1) is 66.4. The molecule has 0 amide bonds. The van der Waals surface area contributed by atoms with Crippen molar-refractivity contribution in [3.63, 3.8) is 0 Å². The molecule has 0 rings (SSSR count). The van der Waals surface area contributed by atoms with E-state index in [9.17, 15) is 14.4 Å². The molecule has 0 unspecified atom stereocenters. The van der Waals surface area contributed by atoms with Crippen LogP contribution in [0.1, 0.15) is 355 Å². The molecule has 0 N–H and O–H groups in total. The van der Waals surface area contributed by atoms with Crippen molar-refractivity contribution in [2.24, 2.45) is 5.92 Å². The highest BCUT2D eigenvalue weighted by atomic mass is 16.6. The highest BCUT2D eigenvalue weighted by Gasteiger charge is 2.19. The number of hydrogen-bond donors (Lipinski definition) is 0. The highest BCUT2D eigenvalue weighted by molar-refractivity contribution is 5.71. The number of carbonyl (C=O) groups is 3. The Hall–Kier alpha value is -1.59. The van der Waals surface area contributed by atoms with Crippen LogP contribution in [-0.2, 0) is 28.6 Å². The van der Waals surface area contributed by atoms with Crippen LogP contribution in [0.3, 0.4) is 0 Å². The van der Waals surface area contributed by atoms with Crippen molar-refractivity contribution < 1.29 is 28.6 Å². The maximum Gasteiger partial charge on any atom is 0.306 e. The van der Waals surface area contributed by atoms with Crippen LogP contribution in [0, 0.1) is 5.92 Å². The van der Waals surface area contributed by atoms with Crippen molar-refractivity contribution >= 4 is 17.9 Å². The Labute approximate surface area is 425 Å². The van der Waals surface area contributed by atoms with E-state index in [0.29, 0.717) is 19.3 Å². The highest BCUT2D eigenvalue weighted by Crippen LogP contribution is 2.18. The minimum absolute atomic E-state index is 0.0613. The first-order valence-corrected chi connectivity index (χ1v) is 30.9. The molecule has 1 atom stereocenters. The summed E-state index contributed by atoms with van der Waals surface area (Å²) in [6.45, 7) is 9.09. The van der Waals surface area contributed by atoms with E-state index in [1.807, 2.05) is 0 Å². The molecule has 404 valence electrons. The molecule has 0 aromatic carbocycles. The molecule has 0 fully saturated rings. The Balaban J connectivity index is 4.24. The van der Waals surface area contributed by atoms with E-state index in [-0.39, 0.29) is 31.1 Å². The van der Waals surface area contributed by atoms with Crippen LogP contribution in [0.4, 0.5) is 0 Å². The van der Waals surface area contributed by atoms with Gasteiger partial charge in [0.25, 0.3) is 0 Å². The first-order chi connectivity index (χ1) is 33.4. The van der Waals surface area contributed by atoms with Crippen LogP contribution in [0.5, 0.6) is 0 Å². The average Bonchev–Trinajstić information content (AvgIpc) is 3.32. The van der Waals surface area contributed by atoms with Gasteiger partial charge < -0.3 is 14.2 Å². The third-order valence-electron chi connectivity index (χ3n) is 14.3. The Morgan fingerprint density at radius 2 is 0.485 bits per heavy atom. The normalized spacial score (nSPS) is 12.0. The maximum absolute atomic E-state index is 12.9. The average molecular weight is 962 g/mol. The predicted octanol–water partition coefficient (Wildman–Crippen LogP) is 20.6. The van der Waals surface area contributed by atoms with Gasteiger partial charge in [-0.2, -0.15) is 0 Å². The molecule has 0 saturated heterocycles. The number of unbranched alkanes of at least 4 members (excludes halogenated alkanes) is 44. The second-order valence-corrected chi connectivity index (χ2v) is 21.8. The van der Waals surface area contributed by atoms with Gasteiger partial charge in [-0.15, -0.1) is 0 Å². The fourth-order valence-electron chi connectivity index (χ4n) is 9.63. The monoisotopic (exact) mass is 961 g/mol. The Morgan fingerprint density at radius 1 is 0.279 bits per heavy atom. The number of hydrogen-bond acceptors (Lipinski definition) is 6. The number of rotatable bonds is 57. The van der Waals surface area contributed by atoms with E-state index in [4.69, 9.17) is 14.2 Å². The van der Waals surface area contributed by atoms with Crippen molar-refractivity contribution in [2.75, 3.05) is 13.2 Å². The summed E-state index contributed by atoms with van der Waals surface area (Å²) in [5.74, 6) is 0.0294. The van der Waals surface area contributed by atoms with E-state index in [1.54, 1.807) is 0 Å². The van der Waals surface area contributed by atoms with E-state index < -0.39 is 6.10 Å². The van der Waals surface area contributed by atoms with Gasteiger partial charge in [0.1, 0.15) is 13.2 Å². The van der Waals surface area contributed by atoms with Gasteiger partial charge in [0.2, 0.25) is 0 Å². The van der Waals surface area contributed by atoms with Crippen LogP contribution in [0.15, 0.2) is 0 Å². The summed E-state index contributed by atoms with van der Waals surface area (Å²) in [6, 6.07) is 0. The molecule has 0 bridgehead atoms. The quantitative estimate of drug-likeness (QED) is 0.0343. The SMILES string of the molecule is CCCCCCCCCCCCCCCCCC(=O)O[C@H](COC(=O)CCCCCCCCCCCCCCCC)COC(=O)CCCCCCCCCCCCCCCCCCCCC(C)C. The van der Waals surface area contributed by atoms with Crippen LogP contribution in [0.2, 0.25) is 0 Å². The molecular weight excluding hydrogens is 841 g/mol. The molecule has 68 heavy (non-hydrogen) atoms. The number of ether oxygens (including phenoxy) is 3. The van der Waals surface area contributed by atoms with Crippen molar-refractivity contribution in [3.8, 4) is 0 Å². The summed E-state index contributed by atoms with van der Waals surface area (Å²) in [4.78, 5) is 38.2. The molecule has 0 aromatic heterocycles. The third kappa shape index (κ3) is 55.3. The molecule has 6 heteroatoms. The van der Waals surface area contributed by atoms with Crippen molar-refractivity contribution in [2.45, 2.75) is 361 Å². The molecular formula is C62H120O6. The smallest absolute Gasteiger partial charge is 0.306 e. The maximum atomic E-state index is 12.9. The molecule has 0 aromatic rings. The first-order valence-electron chi connectivity index (χ1n) is 30.9. The Morgan fingerprint density at radius 3 is 0.721 bits per heavy atom. The topological polar surface area (TPSA) is 78.9 Å². The van der Waals surface area contributed by atoms with Crippen LogP contribution < -0.4 is 0 Å². The molecule has 0 aliphatic heterocycles. The number of esters is 3. The van der Waals surface area contributed by atoms with Gasteiger partial charge in [-0.25, -0.2) is 0 Å². The molecule has 0 heterocycles. The van der Waals surface area contributed by atoms with Crippen molar-refractivity contribution in [1.29, 1.82) is 0 Å². The minimum Gasteiger partial charge on any atom is -0.462 e. The molecule has 0 radical (unpaired) electrons. The van der Waals surface area contributed by atoms with Gasteiger partial charge in [0, 0.05) is 19.3 Å². The second kappa shape index (κ2) is 56.3. The van der Waals surface area contributed by atoms with E-state index in [0.717, 1.165) is 63.7 Å². The predicted molar refractivity (Wildman–Crippen MR) is 293 cm³/mol. The van der Waals surface area contributed by atoms with Crippen LogP contribution >= 0.6 is 0 Å². The third-order valence-corrected chi connectivity index (χ3v) is 14.3. The standard InChI is InChI=1S/C62H120O6/c1-5-7-9-11-13-15-17-19-25-31-35-39-43-47-51-55-62(65)68-59(56-66-60(63)53-49-45-41-37-33-29-20-18-16-14-12-10-8-6-2)57-67-61(64)54-50-46-42-38-34-30-27-24-22-21-23-26-28-32-36-40-44-48-52-58(3)4/h58-59H,5-57H2,1-4H3/t59-/m1/s1. The zero-order chi connectivity index (χ0) is 49.5. The van der Waals surface area contributed by atoms with E-state index in [2.05, 4.69) is 27.7 Å². The summed E-state index contributed by atoms with van der Waals surface area (Å²) < 4.78 is 16.9. The Kier molecular flexibility index (Phi) is 55.0. The van der Waals surface area contributed by atoms with Gasteiger partial charge >= 0.3 is 17.9 Å². The summed E-state index contributed by atoms with van der Waals surface area (Å²) in [7, 11) is 0. The largest absolute Gasteiger partial charge is 0.462 e. The molecule has 6 nitrogen and oxygen atoms in total. The lowest BCUT2D eigenvalue weighted by atomic mass is 10.0. The van der Waals surface area contributed by atoms with Gasteiger partial charge in [-0.3, -0.25) is 14.4 Å². The summed E-state index contributed by atoms with van der Waals surface area (Å²) in [5, 5.41) is 0. The van der Waals surface area contributed by atoms with Crippen LogP contribution in [0.25, 0.3) is 0 Å². The van der Waals surface area contributed by atoms with Crippen LogP contribution in [-0.4, -0.2) is 37.2 Å². The zero-order valence-corrected chi connectivity index (χ0v) is 46.6. The second-order valence-electron chi connectivity index (χ2n) is 21.8. The van der Waals surface area contributed by atoms with E-state index in [1.165, 1.54) is 250 Å². The van der Waals surface area contributed by atoms with Crippen molar-refractivity contribution in [3.05, 3.63) is 0 Å². The number of carbonyl (C=O) groups excluding carboxylic acids is 3. The van der Waals surface area contributed by atoms with E-state index >= 15 is 0 Å². The summed E-state index contributed by atoms with van der Waals surface area (Å²) >= 11 is 0. The lowest BCUT2D eigenvalue weighted by molar-refractivity contribution is -0.167.